The Balaban J connectivity index is 2.94. The van der Waals surface area contributed by atoms with E-state index in [1.54, 1.807) is 0 Å². The molecule has 1 heterocycles. The molecule has 0 unspecified atom stereocenters. The first-order valence-corrected chi connectivity index (χ1v) is 4.46. The van der Waals surface area contributed by atoms with E-state index in [0.29, 0.717) is 11.4 Å². The molecule has 0 aliphatic carbocycles. The smallest absolute Gasteiger partial charge is 0.222 e. The van der Waals surface area contributed by atoms with E-state index in [1.807, 2.05) is 19.9 Å². The van der Waals surface area contributed by atoms with E-state index >= 15 is 0 Å². The number of nitriles is 1. The van der Waals surface area contributed by atoms with Crippen LogP contribution in [0.2, 0.25) is 0 Å². The number of nitrogen functional groups attached to an aromatic ring is 1. The van der Waals surface area contributed by atoms with Gasteiger partial charge in [-0.25, -0.2) is 4.98 Å². The molecule has 5 nitrogen and oxygen atoms in total. The fraction of sp³-hybridized carbons (Fsp3) is 0.444. The molecular formula is C9H13N5. The molecule has 0 bridgehead atoms. The van der Waals surface area contributed by atoms with Crippen LogP contribution in [0.15, 0.2) is 6.20 Å². The van der Waals surface area contributed by atoms with E-state index in [-0.39, 0.29) is 12.0 Å². The number of hydrogen-bond acceptors (Lipinski definition) is 5. The third-order valence-corrected chi connectivity index (χ3v) is 1.92. The Labute approximate surface area is 83.0 Å². The van der Waals surface area contributed by atoms with E-state index in [1.165, 1.54) is 6.20 Å². The van der Waals surface area contributed by atoms with Gasteiger partial charge in [-0.1, -0.05) is 6.92 Å². The van der Waals surface area contributed by atoms with Crippen LogP contribution in [0.1, 0.15) is 25.8 Å². The summed E-state index contributed by atoms with van der Waals surface area (Å²) in [6.07, 6.45) is 2.38. The van der Waals surface area contributed by atoms with Crippen LogP contribution in [0.3, 0.4) is 0 Å². The van der Waals surface area contributed by atoms with Crippen LogP contribution >= 0.6 is 0 Å². The monoisotopic (exact) mass is 191 g/mol. The molecule has 1 aromatic rings. The van der Waals surface area contributed by atoms with E-state index in [4.69, 9.17) is 11.0 Å². The molecule has 0 fully saturated rings. The van der Waals surface area contributed by atoms with E-state index < -0.39 is 0 Å². The van der Waals surface area contributed by atoms with Crippen molar-refractivity contribution in [2.24, 2.45) is 0 Å². The molecule has 0 radical (unpaired) electrons. The molecule has 3 N–H and O–H groups in total. The van der Waals surface area contributed by atoms with Crippen LogP contribution in [-0.4, -0.2) is 16.0 Å². The van der Waals surface area contributed by atoms with Crippen molar-refractivity contribution in [1.29, 1.82) is 5.26 Å². The number of anilines is 2. The summed E-state index contributed by atoms with van der Waals surface area (Å²) in [5.74, 6) is 0.684. The summed E-state index contributed by atoms with van der Waals surface area (Å²) in [4.78, 5) is 7.71. The average Bonchev–Trinajstić information content (AvgIpc) is 2.18. The second kappa shape index (κ2) is 4.42. The molecule has 0 amide bonds. The van der Waals surface area contributed by atoms with Crippen molar-refractivity contribution in [3.63, 3.8) is 0 Å². The number of nitrogens with one attached hydrogen (secondary N) is 1. The fourth-order valence-corrected chi connectivity index (χ4v) is 0.923. The van der Waals surface area contributed by atoms with Gasteiger partial charge < -0.3 is 11.1 Å². The Morgan fingerprint density at radius 2 is 2.43 bits per heavy atom. The van der Waals surface area contributed by atoms with E-state index in [2.05, 4.69) is 15.3 Å². The molecule has 0 saturated heterocycles. The van der Waals surface area contributed by atoms with Crippen LogP contribution in [0.5, 0.6) is 0 Å². The summed E-state index contributed by atoms with van der Waals surface area (Å²) in [6, 6.07) is 2.27. The highest BCUT2D eigenvalue weighted by Crippen LogP contribution is 2.12. The average molecular weight is 191 g/mol. The lowest BCUT2D eigenvalue weighted by Gasteiger charge is -2.12. The fourth-order valence-electron chi connectivity index (χ4n) is 0.923. The Morgan fingerprint density at radius 1 is 1.71 bits per heavy atom. The van der Waals surface area contributed by atoms with Crippen LogP contribution in [0, 0.1) is 11.3 Å². The Bertz CT molecular complexity index is 355. The van der Waals surface area contributed by atoms with Crippen LogP contribution < -0.4 is 11.1 Å². The highest BCUT2D eigenvalue weighted by Gasteiger charge is 2.07. The maximum Gasteiger partial charge on any atom is 0.222 e. The van der Waals surface area contributed by atoms with Crippen LogP contribution in [0.4, 0.5) is 11.8 Å². The molecule has 1 atom stereocenters. The molecular weight excluding hydrogens is 178 g/mol. The maximum absolute atomic E-state index is 8.78. The highest BCUT2D eigenvalue weighted by atomic mass is 15.1. The molecule has 0 spiro atoms. The predicted octanol–water partition coefficient (Wildman–Crippen LogP) is 1.14. The number of hydrogen-bond donors (Lipinski definition) is 2. The first-order valence-electron chi connectivity index (χ1n) is 4.46. The van der Waals surface area contributed by atoms with Crippen molar-refractivity contribution in [2.45, 2.75) is 26.3 Å². The topological polar surface area (TPSA) is 87.6 Å². The summed E-state index contributed by atoms with van der Waals surface area (Å²) in [7, 11) is 0. The minimum atomic E-state index is 0.176. The van der Waals surface area contributed by atoms with Gasteiger partial charge >= 0.3 is 0 Å². The molecule has 1 aromatic heterocycles. The molecule has 0 aliphatic rings. The standard InChI is InChI=1S/C9H13N5/c1-3-6(2)13-8-7(4-10)5-12-9(11)14-8/h5-6H,3H2,1-2H3,(H3,11,12,13,14)/t6-/m1/s1. The number of nitrogens with two attached hydrogens (primary N) is 1. The summed E-state index contributed by atoms with van der Waals surface area (Å²) >= 11 is 0. The largest absolute Gasteiger partial charge is 0.368 e. The van der Waals surface area contributed by atoms with Gasteiger partial charge in [-0.2, -0.15) is 10.2 Å². The quantitative estimate of drug-likeness (QED) is 0.748. The first-order chi connectivity index (χ1) is 6.67. The Hall–Kier alpha value is -1.83. The maximum atomic E-state index is 8.78. The predicted molar refractivity (Wildman–Crippen MR) is 54.5 cm³/mol. The van der Waals surface area contributed by atoms with Crippen molar-refractivity contribution < 1.29 is 0 Å². The van der Waals surface area contributed by atoms with E-state index in [0.717, 1.165) is 6.42 Å². The molecule has 0 aliphatic heterocycles. The van der Waals surface area contributed by atoms with Crippen LogP contribution in [0.25, 0.3) is 0 Å². The summed E-state index contributed by atoms with van der Waals surface area (Å²) in [5, 5.41) is 11.9. The molecule has 0 aromatic carbocycles. The van der Waals surface area contributed by atoms with Crippen molar-refractivity contribution in [3.05, 3.63) is 11.8 Å². The van der Waals surface area contributed by atoms with Gasteiger partial charge in [0.1, 0.15) is 17.5 Å². The summed E-state index contributed by atoms with van der Waals surface area (Å²) < 4.78 is 0. The second-order valence-electron chi connectivity index (χ2n) is 3.06. The molecule has 14 heavy (non-hydrogen) atoms. The lowest BCUT2D eigenvalue weighted by atomic mass is 10.2. The van der Waals surface area contributed by atoms with Gasteiger partial charge in [0.15, 0.2) is 0 Å². The third kappa shape index (κ3) is 2.33. The Kier molecular flexibility index (Phi) is 3.24. The second-order valence-corrected chi connectivity index (χ2v) is 3.06. The van der Waals surface area contributed by atoms with Gasteiger partial charge in [0, 0.05) is 6.04 Å². The number of aromatic nitrogens is 2. The SMILES string of the molecule is CC[C@@H](C)Nc1nc(N)ncc1C#N. The van der Waals surface area contributed by atoms with Gasteiger partial charge in [0.05, 0.1) is 6.20 Å². The van der Waals surface area contributed by atoms with E-state index in [9.17, 15) is 0 Å². The van der Waals surface area contributed by atoms with Gasteiger partial charge in [0.25, 0.3) is 0 Å². The van der Waals surface area contributed by atoms with Gasteiger partial charge in [0.2, 0.25) is 5.95 Å². The molecule has 5 heteroatoms. The van der Waals surface area contributed by atoms with Gasteiger partial charge in [-0.05, 0) is 13.3 Å². The number of rotatable bonds is 3. The molecule has 0 saturated carbocycles. The first kappa shape index (κ1) is 10.3. The van der Waals surface area contributed by atoms with Gasteiger partial charge in [-0.3, -0.25) is 0 Å². The minimum absolute atomic E-state index is 0.176. The van der Waals surface area contributed by atoms with Crippen molar-refractivity contribution >= 4 is 11.8 Å². The Morgan fingerprint density at radius 3 is 3.00 bits per heavy atom. The zero-order valence-corrected chi connectivity index (χ0v) is 8.28. The lowest BCUT2D eigenvalue weighted by molar-refractivity contribution is 0.758. The van der Waals surface area contributed by atoms with Crippen molar-refractivity contribution in [1.82, 2.24) is 9.97 Å². The van der Waals surface area contributed by atoms with Gasteiger partial charge in [-0.15, -0.1) is 0 Å². The normalized spacial score (nSPS) is 11.8. The third-order valence-electron chi connectivity index (χ3n) is 1.92. The minimum Gasteiger partial charge on any atom is -0.368 e. The van der Waals surface area contributed by atoms with Crippen molar-refractivity contribution in [2.75, 3.05) is 11.1 Å². The number of nitrogens with zero attached hydrogens (tertiary/aromatic N) is 3. The molecule has 1 rings (SSSR count). The van der Waals surface area contributed by atoms with Crippen LogP contribution in [-0.2, 0) is 0 Å². The zero-order chi connectivity index (χ0) is 10.6. The summed E-state index contributed by atoms with van der Waals surface area (Å²) in [6.45, 7) is 4.06. The lowest BCUT2D eigenvalue weighted by Crippen LogP contribution is -2.16. The zero-order valence-electron chi connectivity index (χ0n) is 8.28. The molecule has 74 valence electrons. The summed E-state index contributed by atoms with van der Waals surface area (Å²) in [5.41, 5.74) is 5.84. The van der Waals surface area contributed by atoms with Crippen molar-refractivity contribution in [3.8, 4) is 6.07 Å². The highest BCUT2D eigenvalue weighted by molar-refractivity contribution is 5.52.